The molecular formula is C15H23NO2. The van der Waals surface area contributed by atoms with E-state index in [0.29, 0.717) is 23.3 Å². The molecule has 1 fully saturated rings. The largest absolute Gasteiger partial charge is 0.504 e. The van der Waals surface area contributed by atoms with Crippen molar-refractivity contribution in [3.8, 4) is 11.5 Å². The minimum Gasteiger partial charge on any atom is -0.504 e. The molecule has 18 heavy (non-hydrogen) atoms. The molecule has 1 aromatic rings. The quantitative estimate of drug-likeness (QED) is 0.865. The van der Waals surface area contributed by atoms with Crippen LogP contribution in [0.3, 0.4) is 0 Å². The van der Waals surface area contributed by atoms with Gasteiger partial charge in [0.25, 0.3) is 0 Å². The van der Waals surface area contributed by atoms with Gasteiger partial charge in [-0.25, -0.2) is 0 Å². The Balaban J connectivity index is 2.45. The van der Waals surface area contributed by atoms with Crippen LogP contribution in [0.1, 0.15) is 49.7 Å². The molecule has 1 atom stereocenters. The molecule has 100 valence electrons. The molecule has 2 rings (SSSR count). The maximum absolute atomic E-state index is 10.4. The number of hydrogen-bond donors (Lipinski definition) is 2. The first kappa shape index (κ1) is 13.2. The summed E-state index contributed by atoms with van der Waals surface area (Å²) in [6.45, 7) is 6.36. The van der Waals surface area contributed by atoms with Crippen LogP contribution < -0.4 is 10.1 Å². The van der Waals surface area contributed by atoms with Crippen molar-refractivity contribution in [1.82, 2.24) is 5.32 Å². The number of piperidine rings is 1. The Hall–Kier alpha value is -1.22. The topological polar surface area (TPSA) is 41.5 Å². The first-order valence-electron chi connectivity index (χ1n) is 6.75. The molecule has 0 amide bonds. The lowest BCUT2D eigenvalue weighted by Crippen LogP contribution is -2.29. The highest BCUT2D eigenvalue weighted by Gasteiger charge is 2.24. The van der Waals surface area contributed by atoms with Gasteiger partial charge >= 0.3 is 0 Å². The molecule has 0 aliphatic carbocycles. The second-order valence-electron chi connectivity index (χ2n) is 5.32. The van der Waals surface area contributed by atoms with E-state index in [0.717, 1.165) is 25.1 Å². The van der Waals surface area contributed by atoms with Crippen molar-refractivity contribution in [2.24, 2.45) is 0 Å². The summed E-state index contributed by atoms with van der Waals surface area (Å²) in [5.74, 6) is 1.72. The Labute approximate surface area is 109 Å². The third-order valence-electron chi connectivity index (χ3n) is 3.76. The summed E-state index contributed by atoms with van der Waals surface area (Å²) in [7, 11) is 1.60. The van der Waals surface area contributed by atoms with Gasteiger partial charge in [-0.3, -0.25) is 0 Å². The fourth-order valence-corrected chi connectivity index (χ4v) is 2.80. The third kappa shape index (κ3) is 2.46. The number of phenols is 1. The molecule has 0 saturated carbocycles. The van der Waals surface area contributed by atoms with Gasteiger partial charge in [-0.1, -0.05) is 19.9 Å². The summed E-state index contributed by atoms with van der Waals surface area (Å²) in [4.78, 5) is 0. The first-order chi connectivity index (χ1) is 8.65. The van der Waals surface area contributed by atoms with E-state index >= 15 is 0 Å². The highest BCUT2D eigenvalue weighted by atomic mass is 16.5. The zero-order valence-corrected chi connectivity index (χ0v) is 11.5. The lowest BCUT2D eigenvalue weighted by Gasteiger charge is -2.27. The normalized spacial score (nSPS) is 20.1. The number of aromatic hydroxyl groups is 1. The fraction of sp³-hybridized carbons (Fsp3) is 0.600. The number of ether oxygens (including phenoxy) is 1. The first-order valence-corrected chi connectivity index (χ1v) is 6.75. The predicted molar refractivity (Wildman–Crippen MR) is 73.6 cm³/mol. The summed E-state index contributed by atoms with van der Waals surface area (Å²) in [5, 5.41) is 13.8. The number of benzene rings is 1. The van der Waals surface area contributed by atoms with Crippen molar-refractivity contribution in [2.75, 3.05) is 20.2 Å². The van der Waals surface area contributed by atoms with Crippen molar-refractivity contribution in [1.29, 1.82) is 0 Å². The average Bonchev–Trinajstić information content (AvgIpc) is 2.39. The number of phenolic OH excluding ortho intramolecular Hbond substituents is 1. The van der Waals surface area contributed by atoms with Gasteiger partial charge in [0.05, 0.1) is 7.11 Å². The average molecular weight is 249 g/mol. The van der Waals surface area contributed by atoms with Gasteiger partial charge in [0, 0.05) is 18.0 Å². The van der Waals surface area contributed by atoms with Crippen LogP contribution in [0.15, 0.2) is 12.1 Å². The van der Waals surface area contributed by atoms with Crippen LogP contribution >= 0.6 is 0 Å². The van der Waals surface area contributed by atoms with E-state index in [-0.39, 0.29) is 0 Å². The highest BCUT2D eigenvalue weighted by molar-refractivity contribution is 5.52. The molecule has 1 aliphatic rings. The van der Waals surface area contributed by atoms with Gasteiger partial charge in [-0.05, 0) is 36.9 Å². The zero-order chi connectivity index (χ0) is 13.1. The van der Waals surface area contributed by atoms with Crippen molar-refractivity contribution >= 4 is 0 Å². The molecular weight excluding hydrogens is 226 g/mol. The Morgan fingerprint density at radius 2 is 2.17 bits per heavy atom. The van der Waals surface area contributed by atoms with E-state index in [4.69, 9.17) is 4.74 Å². The summed E-state index contributed by atoms with van der Waals surface area (Å²) in [5.41, 5.74) is 2.32. The van der Waals surface area contributed by atoms with E-state index in [2.05, 4.69) is 25.2 Å². The Morgan fingerprint density at radius 1 is 1.39 bits per heavy atom. The van der Waals surface area contributed by atoms with Crippen molar-refractivity contribution in [3.63, 3.8) is 0 Å². The molecule has 0 bridgehead atoms. The van der Waals surface area contributed by atoms with E-state index in [1.54, 1.807) is 7.11 Å². The fourth-order valence-electron chi connectivity index (χ4n) is 2.80. The van der Waals surface area contributed by atoms with Gasteiger partial charge < -0.3 is 15.2 Å². The maximum atomic E-state index is 10.4. The minimum atomic E-state index is 0.331. The molecule has 2 N–H and O–H groups in total. The Kier molecular flexibility index (Phi) is 4.12. The summed E-state index contributed by atoms with van der Waals surface area (Å²) in [6.07, 6.45) is 2.30. The van der Waals surface area contributed by atoms with E-state index < -0.39 is 0 Å². The van der Waals surface area contributed by atoms with Gasteiger partial charge in [0.1, 0.15) is 0 Å². The van der Waals surface area contributed by atoms with Gasteiger partial charge in [-0.15, -0.1) is 0 Å². The molecule has 0 aromatic heterocycles. The minimum absolute atomic E-state index is 0.331. The van der Waals surface area contributed by atoms with Crippen LogP contribution in [0.4, 0.5) is 0 Å². The second-order valence-corrected chi connectivity index (χ2v) is 5.32. The summed E-state index contributed by atoms with van der Waals surface area (Å²) >= 11 is 0. The van der Waals surface area contributed by atoms with Crippen LogP contribution in [0.5, 0.6) is 11.5 Å². The molecule has 1 saturated heterocycles. The van der Waals surface area contributed by atoms with E-state index in [1.807, 2.05) is 6.07 Å². The lowest BCUT2D eigenvalue weighted by atomic mass is 9.84. The molecule has 1 aromatic carbocycles. The third-order valence-corrected chi connectivity index (χ3v) is 3.76. The van der Waals surface area contributed by atoms with E-state index in [9.17, 15) is 5.11 Å². The monoisotopic (exact) mass is 249 g/mol. The van der Waals surface area contributed by atoms with Crippen LogP contribution in [0.2, 0.25) is 0 Å². The van der Waals surface area contributed by atoms with E-state index in [1.165, 1.54) is 12.0 Å². The molecule has 1 heterocycles. The number of rotatable bonds is 3. The van der Waals surface area contributed by atoms with Crippen molar-refractivity contribution in [3.05, 3.63) is 23.3 Å². The Morgan fingerprint density at radius 3 is 2.72 bits per heavy atom. The molecule has 1 unspecified atom stereocenters. The summed E-state index contributed by atoms with van der Waals surface area (Å²) in [6, 6.07) is 3.96. The molecule has 0 radical (unpaired) electrons. The predicted octanol–water partition coefficient (Wildman–Crippen LogP) is 2.99. The molecule has 1 aliphatic heterocycles. The number of nitrogens with one attached hydrogen (secondary N) is 1. The molecule has 3 nitrogen and oxygen atoms in total. The standard InChI is InChI=1S/C15H23NO2/c1-10(2)12-6-7-13(18-3)15(17)14(12)11-5-4-8-16-9-11/h6-7,10-11,16-17H,4-5,8-9H2,1-3H3. The molecule has 3 heteroatoms. The maximum Gasteiger partial charge on any atom is 0.161 e. The number of hydrogen-bond acceptors (Lipinski definition) is 3. The van der Waals surface area contributed by atoms with Crippen LogP contribution in [-0.2, 0) is 0 Å². The van der Waals surface area contributed by atoms with Gasteiger partial charge in [0.15, 0.2) is 11.5 Å². The van der Waals surface area contributed by atoms with Crippen LogP contribution in [-0.4, -0.2) is 25.3 Å². The highest BCUT2D eigenvalue weighted by Crippen LogP contribution is 2.41. The molecule has 0 spiro atoms. The van der Waals surface area contributed by atoms with Crippen LogP contribution in [0, 0.1) is 0 Å². The smallest absolute Gasteiger partial charge is 0.161 e. The Bertz CT molecular complexity index is 409. The van der Waals surface area contributed by atoms with Crippen molar-refractivity contribution in [2.45, 2.75) is 38.5 Å². The van der Waals surface area contributed by atoms with Crippen molar-refractivity contribution < 1.29 is 9.84 Å². The second kappa shape index (κ2) is 5.61. The zero-order valence-electron chi connectivity index (χ0n) is 11.5. The lowest BCUT2D eigenvalue weighted by molar-refractivity contribution is 0.361. The number of methoxy groups -OCH3 is 1. The SMILES string of the molecule is COc1ccc(C(C)C)c(C2CCCNC2)c1O. The van der Waals surface area contributed by atoms with Crippen LogP contribution in [0.25, 0.3) is 0 Å². The van der Waals surface area contributed by atoms with Gasteiger partial charge in [-0.2, -0.15) is 0 Å². The van der Waals surface area contributed by atoms with Gasteiger partial charge in [0.2, 0.25) is 0 Å². The summed E-state index contributed by atoms with van der Waals surface area (Å²) < 4.78 is 5.24.